The number of carbonyl (C=O) groups excluding carboxylic acids is 1. The van der Waals surface area contributed by atoms with Crippen LogP contribution in [0.15, 0.2) is 42.6 Å². The summed E-state index contributed by atoms with van der Waals surface area (Å²) in [5.41, 5.74) is -0.823. The highest BCUT2D eigenvalue weighted by Crippen LogP contribution is 2.32. The molecule has 0 fully saturated rings. The summed E-state index contributed by atoms with van der Waals surface area (Å²) in [5.74, 6) is -0.644. The first-order valence-electron chi connectivity index (χ1n) is 8.85. The Labute approximate surface area is 183 Å². The summed E-state index contributed by atoms with van der Waals surface area (Å²) >= 11 is 12.3. The molecule has 0 bridgehead atoms. The second-order valence-corrected chi connectivity index (χ2v) is 7.41. The summed E-state index contributed by atoms with van der Waals surface area (Å²) in [5, 5.41) is 10.7. The smallest absolute Gasteiger partial charge is 0.304 e. The van der Waals surface area contributed by atoms with Gasteiger partial charge in [0, 0.05) is 23.0 Å². The lowest BCUT2D eigenvalue weighted by Gasteiger charge is -2.09. The number of halogens is 5. The molecule has 1 N–H and O–H groups in total. The summed E-state index contributed by atoms with van der Waals surface area (Å²) < 4.78 is 42.1. The molecule has 0 saturated heterocycles. The van der Waals surface area contributed by atoms with Crippen LogP contribution in [0.25, 0.3) is 5.65 Å². The Morgan fingerprint density at radius 1 is 1.16 bits per heavy atom. The summed E-state index contributed by atoms with van der Waals surface area (Å²) in [6, 6.07) is 9.59. The molecule has 0 atom stereocenters. The zero-order valence-corrected chi connectivity index (χ0v) is 17.3. The van der Waals surface area contributed by atoms with E-state index in [1.54, 1.807) is 23.0 Å². The number of amides is 1. The van der Waals surface area contributed by atoms with Crippen LogP contribution >= 0.6 is 23.2 Å². The molecule has 0 saturated carbocycles. The van der Waals surface area contributed by atoms with Gasteiger partial charge in [0.1, 0.15) is 10.7 Å². The molecule has 1 amide bonds. The van der Waals surface area contributed by atoms with Crippen LogP contribution in [0.1, 0.15) is 27.4 Å². The molecule has 7 nitrogen and oxygen atoms in total. The molecule has 0 aliphatic rings. The molecule has 12 heteroatoms. The second-order valence-electron chi connectivity index (χ2n) is 6.62. The molecule has 4 rings (SSSR count). The summed E-state index contributed by atoms with van der Waals surface area (Å²) in [7, 11) is 0. The zero-order chi connectivity index (χ0) is 22.3. The molecule has 0 spiro atoms. The Kier molecular flexibility index (Phi) is 5.36. The number of benzene rings is 1. The van der Waals surface area contributed by atoms with Crippen LogP contribution < -0.4 is 5.32 Å². The Morgan fingerprint density at radius 3 is 2.61 bits per heavy atom. The van der Waals surface area contributed by atoms with E-state index < -0.39 is 23.5 Å². The van der Waals surface area contributed by atoms with Crippen LogP contribution in [0.4, 0.5) is 19.0 Å². The molecular weight excluding hydrogens is 456 g/mol. The minimum absolute atomic E-state index is 0.0897. The lowest BCUT2D eigenvalue weighted by atomic mass is 10.2. The second kappa shape index (κ2) is 7.86. The zero-order valence-electron chi connectivity index (χ0n) is 15.8. The van der Waals surface area contributed by atoms with Crippen molar-refractivity contribution in [3.8, 4) is 0 Å². The van der Waals surface area contributed by atoms with Crippen LogP contribution in [0.3, 0.4) is 0 Å². The monoisotopic (exact) mass is 468 g/mol. The van der Waals surface area contributed by atoms with Crippen molar-refractivity contribution in [3.05, 3.63) is 75.3 Å². The Hall–Kier alpha value is -3.11. The third-order valence-electron chi connectivity index (χ3n) is 4.34. The number of anilines is 1. The van der Waals surface area contributed by atoms with E-state index in [0.717, 1.165) is 11.6 Å². The van der Waals surface area contributed by atoms with Crippen molar-refractivity contribution in [1.82, 2.24) is 24.4 Å². The normalized spacial score (nSPS) is 11.8. The molecule has 0 radical (unpaired) electrons. The molecule has 0 aliphatic carbocycles. The quantitative estimate of drug-likeness (QED) is 0.463. The maximum absolute atomic E-state index is 13.3. The van der Waals surface area contributed by atoms with Gasteiger partial charge in [0.25, 0.3) is 5.91 Å². The van der Waals surface area contributed by atoms with Gasteiger partial charge in [-0.1, -0.05) is 41.4 Å². The van der Waals surface area contributed by atoms with Crippen LogP contribution in [0, 0.1) is 6.92 Å². The maximum Gasteiger partial charge on any atom is 0.433 e. The number of nitrogens with one attached hydrogen (secondary N) is 1. The van der Waals surface area contributed by atoms with Gasteiger partial charge in [-0.05, 0) is 24.6 Å². The van der Waals surface area contributed by atoms with E-state index in [-0.39, 0.29) is 22.2 Å². The molecular formula is C19H13Cl2F3N6O. The SMILES string of the molecule is Cc1cc(C(F)(F)F)n2nc(C(=O)Nc3ccn(Cc4ccccc4Cl)n3)c(Cl)c2n1. The van der Waals surface area contributed by atoms with Crippen molar-refractivity contribution in [3.63, 3.8) is 0 Å². The number of nitrogens with zero attached hydrogens (tertiary/aromatic N) is 5. The maximum atomic E-state index is 13.3. The van der Waals surface area contributed by atoms with Gasteiger partial charge in [-0.15, -0.1) is 0 Å². The fourth-order valence-corrected chi connectivity index (χ4v) is 3.39. The van der Waals surface area contributed by atoms with Crippen molar-refractivity contribution < 1.29 is 18.0 Å². The molecule has 3 aromatic heterocycles. The average molecular weight is 469 g/mol. The molecule has 0 aliphatic heterocycles. The van der Waals surface area contributed by atoms with E-state index in [1.165, 1.54) is 13.0 Å². The Morgan fingerprint density at radius 2 is 1.90 bits per heavy atom. The van der Waals surface area contributed by atoms with Gasteiger partial charge in [0.05, 0.1) is 6.54 Å². The lowest BCUT2D eigenvalue weighted by Crippen LogP contribution is -2.16. The molecule has 31 heavy (non-hydrogen) atoms. The highest BCUT2D eigenvalue weighted by Gasteiger charge is 2.36. The van der Waals surface area contributed by atoms with Gasteiger partial charge in [0.15, 0.2) is 17.2 Å². The van der Waals surface area contributed by atoms with E-state index in [4.69, 9.17) is 23.2 Å². The van der Waals surface area contributed by atoms with Crippen molar-refractivity contribution >= 4 is 40.6 Å². The third-order valence-corrected chi connectivity index (χ3v) is 5.06. The lowest BCUT2D eigenvalue weighted by molar-refractivity contribution is -0.142. The van der Waals surface area contributed by atoms with E-state index in [9.17, 15) is 18.0 Å². The van der Waals surface area contributed by atoms with Gasteiger partial charge >= 0.3 is 6.18 Å². The van der Waals surface area contributed by atoms with Gasteiger partial charge in [-0.3, -0.25) is 9.48 Å². The number of carbonyl (C=O) groups is 1. The average Bonchev–Trinajstić information content (AvgIpc) is 3.27. The van der Waals surface area contributed by atoms with Gasteiger partial charge in [0.2, 0.25) is 0 Å². The van der Waals surface area contributed by atoms with Crippen LogP contribution in [-0.4, -0.2) is 30.3 Å². The Bertz CT molecular complexity index is 1300. The van der Waals surface area contributed by atoms with Crippen molar-refractivity contribution in [1.29, 1.82) is 0 Å². The Balaban J connectivity index is 1.60. The standard InChI is InChI=1S/C19H13Cl2F3N6O/c1-10-8-13(19(22,23)24)30-17(25-10)15(21)16(28-30)18(31)26-14-6-7-29(27-14)9-11-4-2-3-5-12(11)20/h2-8H,9H2,1H3,(H,26,27,31). The third kappa shape index (κ3) is 4.21. The van der Waals surface area contributed by atoms with Crippen molar-refractivity contribution in [2.45, 2.75) is 19.6 Å². The van der Waals surface area contributed by atoms with Crippen molar-refractivity contribution in [2.75, 3.05) is 5.32 Å². The van der Waals surface area contributed by atoms with E-state index >= 15 is 0 Å². The summed E-state index contributed by atoms with van der Waals surface area (Å²) in [4.78, 5) is 16.6. The first-order chi connectivity index (χ1) is 14.6. The van der Waals surface area contributed by atoms with E-state index in [2.05, 4.69) is 20.5 Å². The molecule has 0 unspecified atom stereocenters. The number of hydrogen-bond donors (Lipinski definition) is 1. The first-order valence-corrected chi connectivity index (χ1v) is 9.60. The van der Waals surface area contributed by atoms with Gasteiger partial charge in [-0.2, -0.15) is 23.4 Å². The number of fused-ring (bicyclic) bond motifs is 1. The van der Waals surface area contributed by atoms with Gasteiger partial charge in [-0.25, -0.2) is 9.50 Å². The molecule has 160 valence electrons. The highest BCUT2D eigenvalue weighted by atomic mass is 35.5. The molecule has 1 aromatic carbocycles. The van der Waals surface area contributed by atoms with E-state index in [0.29, 0.717) is 16.1 Å². The fourth-order valence-electron chi connectivity index (χ4n) is 2.95. The number of aryl methyl sites for hydroxylation is 1. The van der Waals surface area contributed by atoms with Crippen LogP contribution in [-0.2, 0) is 12.7 Å². The predicted molar refractivity (Wildman–Crippen MR) is 108 cm³/mol. The number of aromatic nitrogens is 5. The molecule has 4 aromatic rings. The predicted octanol–water partition coefficient (Wildman–Crippen LogP) is 4.86. The summed E-state index contributed by atoms with van der Waals surface area (Å²) in [6.07, 6.45) is -3.08. The van der Waals surface area contributed by atoms with Crippen LogP contribution in [0.2, 0.25) is 10.0 Å². The highest BCUT2D eigenvalue weighted by molar-refractivity contribution is 6.37. The fraction of sp³-hybridized carbons (Fsp3) is 0.158. The van der Waals surface area contributed by atoms with Gasteiger partial charge < -0.3 is 5.32 Å². The van der Waals surface area contributed by atoms with Crippen molar-refractivity contribution in [2.24, 2.45) is 0 Å². The minimum atomic E-state index is -4.70. The largest absolute Gasteiger partial charge is 0.433 e. The number of hydrogen-bond acceptors (Lipinski definition) is 4. The minimum Gasteiger partial charge on any atom is -0.304 e. The number of alkyl halides is 3. The van der Waals surface area contributed by atoms with Crippen LogP contribution in [0.5, 0.6) is 0 Å². The van der Waals surface area contributed by atoms with E-state index in [1.807, 2.05) is 12.1 Å². The topological polar surface area (TPSA) is 77.1 Å². The summed E-state index contributed by atoms with van der Waals surface area (Å²) in [6.45, 7) is 1.76. The number of rotatable bonds is 4. The molecule has 3 heterocycles. The first kappa shape index (κ1) is 21.1.